The highest BCUT2D eigenvalue weighted by Gasteiger charge is 2.22. The highest BCUT2D eigenvalue weighted by atomic mass is 32.2. The number of anilines is 1. The van der Waals surface area contributed by atoms with Gasteiger partial charge in [-0.2, -0.15) is 0 Å². The van der Waals surface area contributed by atoms with Gasteiger partial charge in [0.1, 0.15) is 0 Å². The van der Waals surface area contributed by atoms with E-state index < -0.39 is 14.9 Å². The zero-order chi connectivity index (χ0) is 21.7. The van der Waals surface area contributed by atoms with E-state index in [1.807, 2.05) is 6.92 Å². The molecule has 0 radical (unpaired) electrons. The molecule has 1 saturated heterocycles. The lowest BCUT2D eigenvalue weighted by atomic mass is 10.2. The number of nitrogens with one attached hydrogen (secondary N) is 1. The van der Waals surface area contributed by atoms with Crippen LogP contribution < -0.4 is 9.62 Å². The van der Waals surface area contributed by atoms with Crippen molar-refractivity contribution in [2.75, 3.05) is 37.6 Å². The summed E-state index contributed by atoms with van der Waals surface area (Å²) in [4.78, 5) is 26.7. The zero-order valence-corrected chi connectivity index (χ0v) is 17.5. The Morgan fingerprint density at radius 3 is 2.20 bits per heavy atom. The molecule has 1 fully saturated rings. The van der Waals surface area contributed by atoms with Crippen LogP contribution in [0.25, 0.3) is 0 Å². The molecule has 2 aromatic carbocycles. The van der Waals surface area contributed by atoms with Crippen molar-refractivity contribution in [3.05, 3.63) is 64.2 Å². The van der Waals surface area contributed by atoms with E-state index in [1.54, 1.807) is 29.2 Å². The molecule has 0 unspecified atom stereocenters. The van der Waals surface area contributed by atoms with Gasteiger partial charge in [0.25, 0.3) is 5.69 Å². The third-order valence-electron chi connectivity index (χ3n) is 5.02. The Bertz CT molecular complexity index is 998. The molecule has 160 valence electrons. The molecule has 10 heteroatoms. The third-order valence-corrected chi connectivity index (χ3v) is 6.50. The van der Waals surface area contributed by atoms with Gasteiger partial charge in [0.05, 0.1) is 9.82 Å². The van der Waals surface area contributed by atoms with Crippen LogP contribution in [0.4, 0.5) is 11.4 Å². The molecule has 3 rings (SSSR count). The van der Waals surface area contributed by atoms with Crippen molar-refractivity contribution in [3.8, 4) is 0 Å². The van der Waals surface area contributed by atoms with Crippen LogP contribution in [0.5, 0.6) is 0 Å². The van der Waals surface area contributed by atoms with Crippen LogP contribution in [0.2, 0.25) is 0 Å². The Morgan fingerprint density at radius 1 is 1.03 bits per heavy atom. The summed E-state index contributed by atoms with van der Waals surface area (Å²) in [6.07, 6.45) is 0.0859. The number of hydrogen-bond acceptors (Lipinski definition) is 6. The molecule has 9 nitrogen and oxygen atoms in total. The van der Waals surface area contributed by atoms with Crippen molar-refractivity contribution in [2.24, 2.45) is 0 Å². The van der Waals surface area contributed by atoms with Gasteiger partial charge in [-0.3, -0.25) is 14.9 Å². The number of benzene rings is 2. The van der Waals surface area contributed by atoms with E-state index in [9.17, 15) is 23.3 Å². The monoisotopic (exact) mass is 432 g/mol. The van der Waals surface area contributed by atoms with Crippen molar-refractivity contribution in [1.82, 2.24) is 9.62 Å². The molecule has 1 N–H and O–H groups in total. The summed E-state index contributed by atoms with van der Waals surface area (Å²) in [6.45, 7) is 4.17. The molecule has 0 bridgehead atoms. The highest BCUT2D eigenvalue weighted by molar-refractivity contribution is 7.89. The lowest BCUT2D eigenvalue weighted by Gasteiger charge is -2.36. The molecule has 1 aliphatic heterocycles. The van der Waals surface area contributed by atoms with Crippen molar-refractivity contribution in [3.63, 3.8) is 0 Å². The fraction of sp³-hybridized carbons (Fsp3) is 0.350. The summed E-state index contributed by atoms with van der Waals surface area (Å²) in [5.74, 6) is -0.107. The van der Waals surface area contributed by atoms with E-state index in [0.29, 0.717) is 26.2 Å². The average Bonchev–Trinajstić information content (AvgIpc) is 2.74. The third kappa shape index (κ3) is 5.33. The normalized spacial score (nSPS) is 14.6. The molecule has 0 aromatic heterocycles. The Morgan fingerprint density at radius 2 is 1.63 bits per heavy atom. The van der Waals surface area contributed by atoms with Crippen LogP contribution in [-0.2, 0) is 14.8 Å². The van der Waals surface area contributed by atoms with Crippen molar-refractivity contribution in [2.45, 2.75) is 18.2 Å². The molecule has 1 aliphatic rings. The molecule has 0 aliphatic carbocycles. The molecule has 0 spiro atoms. The quantitative estimate of drug-likeness (QED) is 0.528. The largest absolute Gasteiger partial charge is 0.368 e. The highest BCUT2D eigenvalue weighted by Crippen LogP contribution is 2.20. The summed E-state index contributed by atoms with van der Waals surface area (Å²) in [7, 11) is -3.63. The number of rotatable bonds is 7. The predicted octanol–water partition coefficient (Wildman–Crippen LogP) is 1.92. The van der Waals surface area contributed by atoms with Crippen LogP contribution in [0.3, 0.4) is 0 Å². The SMILES string of the molecule is Cc1ccc(S(=O)(=O)NCCC(=O)N2CCN(c3ccc([N+](=O)[O-])cc3)CC2)cc1. The first-order valence-electron chi connectivity index (χ1n) is 9.60. The van der Waals surface area contributed by atoms with Gasteiger partial charge in [-0.05, 0) is 31.2 Å². The van der Waals surface area contributed by atoms with Crippen LogP contribution in [-0.4, -0.2) is 56.9 Å². The molecule has 0 atom stereocenters. The lowest BCUT2D eigenvalue weighted by Crippen LogP contribution is -2.49. The van der Waals surface area contributed by atoms with Gasteiger partial charge in [0.15, 0.2) is 0 Å². The van der Waals surface area contributed by atoms with Crippen LogP contribution in [0.1, 0.15) is 12.0 Å². The first-order chi connectivity index (χ1) is 14.3. The molecule has 30 heavy (non-hydrogen) atoms. The van der Waals surface area contributed by atoms with Crippen molar-refractivity contribution in [1.29, 1.82) is 0 Å². The van der Waals surface area contributed by atoms with E-state index in [1.165, 1.54) is 24.3 Å². The maximum Gasteiger partial charge on any atom is 0.269 e. The van der Waals surface area contributed by atoms with Crippen molar-refractivity contribution < 1.29 is 18.1 Å². The number of hydrogen-bond donors (Lipinski definition) is 1. The Hall–Kier alpha value is -2.98. The van der Waals surface area contributed by atoms with Gasteiger partial charge in [-0.25, -0.2) is 13.1 Å². The first kappa shape index (κ1) is 21.7. The van der Waals surface area contributed by atoms with E-state index in [2.05, 4.69) is 9.62 Å². The fourth-order valence-corrected chi connectivity index (χ4v) is 4.28. The summed E-state index contributed by atoms with van der Waals surface area (Å²) >= 11 is 0. The number of carbonyl (C=O) groups excluding carboxylic acids is 1. The second-order valence-electron chi connectivity index (χ2n) is 7.10. The number of nitrogens with zero attached hydrogens (tertiary/aromatic N) is 3. The second kappa shape index (κ2) is 9.23. The molecule has 1 amide bonds. The van der Waals surface area contributed by atoms with Crippen LogP contribution >= 0.6 is 0 Å². The average molecular weight is 433 g/mol. The zero-order valence-electron chi connectivity index (χ0n) is 16.7. The fourth-order valence-electron chi connectivity index (χ4n) is 3.25. The molecule has 0 saturated carbocycles. The van der Waals surface area contributed by atoms with Gasteiger partial charge >= 0.3 is 0 Å². The summed E-state index contributed by atoms with van der Waals surface area (Å²) < 4.78 is 27.0. The maximum absolute atomic E-state index is 12.4. The number of non-ortho nitro benzene ring substituents is 1. The summed E-state index contributed by atoms with van der Waals surface area (Å²) in [5, 5.41) is 10.8. The van der Waals surface area contributed by atoms with Gasteiger partial charge in [-0.1, -0.05) is 17.7 Å². The van der Waals surface area contributed by atoms with Crippen LogP contribution in [0, 0.1) is 17.0 Å². The first-order valence-corrected chi connectivity index (χ1v) is 11.1. The Balaban J connectivity index is 1.46. The molecule has 2 aromatic rings. The van der Waals surface area contributed by atoms with E-state index in [-0.39, 0.29) is 29.5 Å². The number of nitro groups is 1. The molecule has 1 heterocycles. The smallest absolute Gasteiger partial charge is 0.269 e. The predicted molar refractivity (Wildman–Crippen MR) is 113 cm³/mol. The number of nitro benzene ring substituents is 1. The Labute approximate surface area is 175 Å². The van der Waals surface area contributed by atoms with E-state index in [4.69, 9.17) is 0 Å². The van der Waals surface area contributed by atoms with Gasteiger partial charge in [-0.15, -0.1) is 0 Å². The number of piperazine rings is 1. The molecular weight excluding hydrogens is 408 g/mol. The van der Waals surface area contributed by atoms with E-state index in [0.717, 1.165) is 11.3 Å². The van der Waals surface area contributed by atoms with E-state index >= 15 is 0 Å². The maximum atomic E-state index is 12.4. The summed E-state index contributed by atoms with van der Waals surface area (Å²) in [5.41, 5.74) is 1.89. The number of carbonyl (C=O) groups is 1. The molecular formula is C20H24N4O5S. The minimum Gasteiger partial charge on any atom is -0.368 e. The van der Waals surface area contributed by atoms with Gasteiger partial charge in [0.2, 0.25) is 15.9 Å². The van der Waals surface area contributed by atoms with Crippen LogP contribution in [0.15, 0.2) is 53.4 Å². The summed E-state index contributed by atoms with van der Waals surface area (Å²) in [6, 6.07) is 12.9. The number of sulfonamides is 1. The lowest BCUT2D eigenvalue weighted by molar-refractivity contribution is -0.384. The second-order valence-corrected chi connectivity index (χ2v) is 8.87. The minimum atomic E-state index is -3.63. The number of amides is 1. The Kier molecular flexibility index (Phi) is 6.68. The minimum absolute atomic E-state index is 0.0393. The number of aryl methyl sites for hydroxylation is 1. The topological polar surface area (TPSA) is 113 Å². The van der Waals surface area contributed by atoms with Crippen molar-refractivity contribution >= 4 is 27.3 Å². The van der Waals surface area contributed by atoms with Gasteiger partial charge < -0.3 is 9.80 Å². The van der Waals surface area contributed by atoms with Gasteiger partial charge in [0, 0.05) is 57.0 Å². The standard InChI is InChI=1S/C20H24N4O5S/c1-16-2-8-19(9-3-16)30(28,29)21-11-10-20(25)23-14-12-22(13-15-23)17-4-6-18(7-5-17)24(26)27/h2-9,21H,10-15H2,1H3.